The number of halogens is 4. The Hall–Kier alpha value is -2.65. The Balaban J connectivity index is 1.90. The molecule has 0 fully saturated rings. The number of esters is 1. The van der Waals surface area contributed by atoms with E-state index in [4.69, 9.17) is 4.74 Å². The highest BCUT2D eigenvalue weighted by Gasteiger charge is 2.35. The number of aromatic nitrogens is 3. The zero-order valence-corrected chi connectivity index (χ0v) is 16.2. The molecule has 1 atom stereocenters. The SMILES string of the molecule is CC(C)(C)OC(=O)[C@@H]1CCCc2nn(Cc3ccc(C(F)(F)F)c(F)c3)c(=O)n21. The fourth-order valence-electron chi connectivity index (χ4n) is 3.29. The molecule has 0 saturated heterocycles. The topological polar surface area (TPSA) is 66.1 Å². The molecular formula is C19H21F4N3O3. The van der Waals surface area contributed by atoms with E-state index in [0.29, 0.717) is 31.2 Å². The van der Waals surface area contributed by atoms with Crippen LogP contribution in [0.4, 0.5) is 17.6 Å². The Morgan fingerprint density at radius 2 is 1.97 bits per heavy atom. The Morgan fingerprint density at radius 3 is 2.55 bits per heavy atom. The van der Waals surface area contributed by atoms with Gasteiger partial charge in [-0.05, 0) is 51.3 Å². The molecule has 0 spiro atoms. The van der Waals surface area contributed by atoms with E-state index < -0.39 is 40.9 Å². The van der Waals surface area contributed by atoms with Gasteiger partial charge in [-0.15, -0.1) is 0 Å². The molecule has 1 aromatic carbocycles. The molecule has 0 radical (unpaired) electrons. The molecular weight excluding hydrogens is 394 g/mol. The first-order valence-electron chi connectivity index (χ1n) is 9.13. The molecule has 2 aromatic rings. The Bertz CT molecular complexity index is 986. The second-order valence-corrected chi connectivity index (χ2v) is 7.98. The van der Waals surface area contributed by atoms with Crippen LogP contribution in [0.25, 0.3) is 0 Å². The summed E-state index contributed by atoms with van der Waals surface area (Å²) < 4.78 is 59.6. The first kappa shape index (κ1) is 21.1. The second kappa shape index (κ2) is 7.31. The maximum absolute atomic E-state index is 13.8. The molecule has 0 saturated carbocycles. The van der Waals surface area contributed by atoms with Crippen LogP contribution in [0.15, 0.2) is 23.0 Å². The third kappa shape index (κ3) is 4.51. The van der Waals surface area contributed by atoms with Gasteiger partial charge in [-0.25, -0.2) is 18.7 Å². The van der Waals surface area contributed by atoms with Crippen LogP contribution in [0, 0.1) is 5.82 Å². The summed E-state index contributed by atoms with van der Waals surface area (Å²) in [6.07, 6.45) is -3.27. The number of alkyl halides is 3. The number of benzene rings is 1. The fraction of sp³-hybridized carbons (Fsp3) is 0.526. The first-order chi connectivity index (χ1) is 13.4. The molecule has 1 aliphatic heterocycles. The molecule has 6 nitrogen and oxygen atoms in total. The quantitative estimate of drug-likeness (QED) is 0.569. The molecule has 1 aromatic heterocycles. The lowest BCUT2D eigenvalue weighted by Crippen LogP contribution is -2.38. The van der Waals surface area contributed by atoms with Gasteiger partial charge in [0, 0.05) is 6.42 Å². The van der Waals surface area contributed by atoms with Crippen LogP contribution in [0.5, 0.6) is 0 Å². The molecule has 158 valence electrons. The van der Waals surface area contributed by atoms with Crippen molar-refractivity contribution in [1.29, 1.82) is 0 Å². The molecule has 3 rings (SSSR count). The molecule has 0 N–H and O–H groups in total. The highest BCUT2D eigenvalue weighted by atomic mass is 19.4. The number of carbonyl (C=O) groups excluding carboxylic acids is 1. The minimum atomic E-state index is -4.80. The molecule has 2 heterocycles. The average molecular weight is 415 g/mol. The monoisotopic (exact) mass is 415 g/mol. The highest BCUT2D eigenvalue weighted by molar-refractivity contribution is 5.74. The summed E-state index contributed by atoms with van der Waals surface area (Å²) >= 11 is 0. The van der Waals surface area contributed by atoms with E-state index in [0.717, 1.165) is 16.8 Å². The number of hydrogen-bond donors (Lipinski definition) is 0. The molecule has 0 bridgehead atoms. The molecule has 0 unspecified atom stereocenters. The minimum Gasteiger partial charge on any atom is -0.458 e. The van der Waals surface area contributed by atoms with Crippen LogP contribution >= 0.6 is 0 Å². The predicted molar refractivity (Wildman–Crippen MR) is 94.8 cm³/mol. The zero-order valence-electron chi connectivity index (χ0n) is 16.2. The van der Waals surface area contributed by atoms with E-state index in [1.54, 1.807) is 20.8 Å². The van der Waals surface area contributed by atoms with Gasteiger partial charge in [-0.1, -0.05) is 6.07 Å². The number of aryl methyl sites for hydroxylation is 1. The van der Waals surface area contributed by atoms with Gasteiger partial charge < -0.3 is 4.74 Å². The number of ether oxygens (including phenoxy) is 1. The minimum absolute atomic E-state index is 0.155. The van der Waals surface area contributed by atoms with Crippen molar-refractivity contribution in [2.75, 3.05) is 0 Å². The van der Waals surface area contributed by atoms with Gasteiger partial charge in [-0.3, -0.25) is 4.57 Å². The molecule has 0 aliphatic carbocycles. The van der Waals surface area contributed by atoms with Crippen LogP contribution in [-0.2, 0) is 28.7 Å². The van der Waals surface area contributed by atoms with Gasteiger partial charge in [0.2, 0.25) is 0 Å². The van der Waals surface area contributed by atoms with Gasteiger partial charge in [0.15, 0.2) is 0 Å². The van der Waals surface area contributed by atoms with Crippen molar-refractivity contribution < 1.29 is 27.1 Å². The molecule has 10 heteroatoms. The Kier molecular flexibility index (Phi) is 5.31. The van der Waals surface area contributed by atoms with Gasteiger partial charge in [0.1, 0.15) is 23.3 Å². The van der Waals surface area contributed by atoms with E-state index in [1.807, 2.05) is 0 Å². The van der Waals surface area contributed by atoms with Crippen molar-refractivity contribution in [3.8, 4) is 0 Å². The first-order valence-corrected chi connectivity index (χ1v) is 9.13. The van der Waals surface area contributed by atoms with Crippen LogP contribution < -0.4 is 5.69 Å². The second-order valence-electron chi connectivity index (χ2n) is 7.98. The number of fused-ring (bicyclic) bond motifs is 1. The van der Waals surface area contributed by atoms with E-state index in [-0.39, 0.29) is 12.1 Å². The maximum atomic E-state index is 13.8. The van der Waals surface area contributed by atoms with Crippen LogP contribution in [0.2, 0.25) is 0 Å². The van der Waals surface area contributed by atoms with E-state index in [2.05, 4.69) is 5.10 Å². The smallest absolute Gasteiger partial charge is 0.419 e. The Morgan fingerprint density at radius 1 is 1.28 bits per heavy atom. The average Bonchev–Trinajstić information content (AvgIpc) is 2.88. The lowest BCUT2D eigenvalue weighted by molar-refractivity contribution is -0.159. The van der Waals surface area contributed by atoms with Crippen molar-refractivity contribution in [2.45, 2.75) is 64.4 Å². The van der Waals surface area contributed by atoms with Crippen molar-refractivity contribution in [3.63, 3.8) is 0 Å². The summed E-state index contributed by atoms with van der Waals surface area (Å²) in [5, 5.41) is 4.19. The summed E-state index contributed by atoms with van der Waals surface area (Å²) in [6, 6.07) is 1.65. The summed E-state index contributed by atoms with van der Waals surface area (Å²) in [4.78, 5) is 25.3. The van der Waals surface area contributed by atoms with E-state index in [9.17, 15) is 27.2 Å². The van der Waals surface area contributed by atoms with Gasteiger partial charge in [0.25, 0.3) is 0 Å². The maximum Gasteiger partial charge on any atom is 0.419 e. The van der Waals surface area contributed by atoms with Gasteiger partial charge in [-0.2, -0.15) is 18.3 Å². The summed E-state index contributed by atoms with van der Waals surface area (Å²) in [5.74, 6) is -1.57. The third-order valence-electron chi connectivity index (χ3n) is 4.48. The summed E-state index contributed by atoms with van der Waals surface area (Å²) in [5.41, 5.74) is -2.52. The van der Waals surface area contributed by atoms with Crippen molar-refractivity contribution in [3.05, 3.63) is 51.5 Å². The summed E-state index contributed by atoms with van der Waals surface area (Å²) in [6.45, 7) is 4.95. The number of carbonyl (C=O) groups is 1. The molecule has 29 heavy (non-hydrogen) atoms. The Labute approximate surface area is 164 Å². The fourth-order valence-corrected chi connectivity index (χ4v) is 3.29. The lowest BCUT2D eigenvalue weighted by Gasteiger charge is -2.26. The number of rotatable bonds is 3. The largest absolute Gasteiger partial charge is 0.458 e. The van der Waals surface area contributed by atoms with Crippen LogP contribution in [0.3, 0.4) is 0 Å². The zero-order chi connectivity index (χ0) is 21.6. The highest BCUT2D eigenvalue weighted by Crippen LogP contribution is 2.31. The number of hydrogen-bond acceptors (Lipinski definition) is 4. The number of nitrogens with zero attached hydrogens (tertiary/aromatic N) is 3. The van der Waals surface area contributed by atoms with Crippen molar-refractivity contribution in [2.24, 2.45) is 0 Å². The molecule has 0 amide bonds. The third-order valence-corrected chi connectivity index (χ3v) is 4.48. The predicted octanol–water partition coefficient (Wildman–Crippen LogP) is 3.47. The standard InChI is InChI=1S/C19H21F4N3O3/c1-18(2,3)29-16(27)14-5-4-6-15-24-25(17(28)26(14)15)10-11-7-8-12(13(20)9-11)19(21,22)23/h7-9,14H,4-6,10H2,1-3H3/t14-/m0/s1. The molecule has 1 aliphatic rings. The van der Waals surface area contributed by atoms with Crippen LogP contribution in [0.1, 0.15) is 56.6 Å². The van der Waals surface area contributed by atoms with Gasteiger partial charge >= 0.3 is 17.8 Å². The van der Waals surface area contributed by atoms with E-state index >= 15 is 0 Å². The van der Waals surface area contributed by atoms with Gasteiger partial charge in [0.05, 0.1) is 12.1 Å². The van der Waals surface area contributed by atoms with Crippen LogP contribution in [-0.4, -0.2) is 25.9 Å². The summed E-state index contributed by atoms with van der Waals surface area (Å²) in [7, 11) is 0. The van der Waals surface area contributed by atoms with E-state index in [1.165, 1.54) is 4.57 Å². The lowest BCUT2D eigenvalue weighted by atomic mass is 10.0. The van der Waals surface area contributed by atoms with Crippen molar-refractivity contribution in [1.82, 2.24) is 14.3 Å². The van der Waals surface area contributed by atoms with Crippen molar-refractivity contribution >= 4 is 5.97 Å². The normalized spacial score (nSPS) is 17.1.